The molecule has 1 aliphatic rings. The van der Waals surface area contributed by atoms with Crippen molar-refractivity contribution >= 4 is 11.6 Å². The van der Waals surface area contributed by atoms with Crippen LogP contribution in [-0.4, -0.2) is 12.5 Å². The molecule has 0 spiro atoms. The Morgan fingerprint density at radius 1 is 1.25 bits per heavy atom. The number of benzene rings is 1. The number of carbonyl (C=O) groups is 1. The van der Waals surface area contributed by atoms with Crippen molar-refractivity contribution < 1.29 is 4.79 Å². The van der Waals surface area contributed by atoms with Gasteiger partial charge in [0, 0.05) is 18.2 Å². The summed E-state index contributed by atoms with van der Waals surface area (Å²) in [6, 6.07) is 8.29. The van der Waals surface area contributed by atoms with Gasteiger partial charge >= 0.3 is 0 Å². The molecule has 2 nitrogen and oxygen atoms in total. The molecule has 16 heavy (non-hydrogen) atoms. The number of nitrogens with zero attached hydrogens (tertiary/aromatic N) is 1. The van der Waals surface area contributed by atoms with E-state index in [9.17, 15) is 4.79 Å². The van der Waals surface area contributed by atoms with Gasteiger partial charge < -0.3 is 4.90 Å². The van der Waals surface area contributed by atoms with Gasteiger partial charge in [0.05, 0.1) is 0 Å². The average Bonchev–Trinajstić information content (AvgIpc) is 2.50. The Hall–Kier alpha value is -1.31. The molecule has 0 fully saturated rings. The van der Waals surface area contributed by atoms with Crippen LogP contribution in [0.1, 0.15) is 32.3 Å². The van der Waals surface area contributed by atoms with Gasteiger partial charge in [0.15, 0.2) is 0 Å². The number of para-hydroxylation sites is 1. The Balaban J connectivity index is 2.36. The highest BCUT2D eigenvalue weighted by atomic mass is 16.2. The fourth-order valence-corrected chi connectivity index (χ4v) is 2.23. The molecular formula is C14H19NO. The molecule has 1 amide bonds. The van der Waals surface area contributed by atoms with Gasteiger partial charge in [-0.3, -0.25) is 4.79 Å². The van der Waals surface area contributed by atoms with Gasteiger partial charge in [0.2, 0.25) is 5.91 Å². The van der Waals surface area contributed by atoms with Crippen molar-refractivity contribution in [2.75, 3.05) is 11.4 Å². The third-order valence-electron chi connectivity index (χ3n) is 3.12. The van der Waals surface area contributed by atoms with E-state index in [0.29, 0.717) is 0 Å². The summed E-state index contributed by atoms with van der Waals surface area (Å²) < 4.78 is 0. The van der Waals surface area contributed by atoms with Gasteiger partial charge in [-0.2, -0.15) is 0 Å². The third kappa shape index (κ3) is 2.11. The predicted molar refractivity (Wildman–Crippen MR) is 66.6 cm³/mol. The standard InChI is InChI=1S/C14H19NO/c1-11(2)14(16)15-10-6-5-8-12-7-3-4-9-13(12)15/h3-4,7,9,11H,5-6,8,10H2,1-2H3. The van der Waals surface area contributed by atoms with Crippen molar-refractivity contribution in [2.45, 2.75) is 33.1 Å². The van der Waals surface area contributed by atoms with Crippen LogP contribution in [0.2, 0.25) is 0 Å². The van der Waals surface area contributed by atoms with E-state index in [-0.39, 0.29) is 11.8 Å². The fourth-order valence-electron chi connectivity index (χ4n) is 2.23. The molecule has 2 rings (SSSR count). The van der Waals surface area contributed by atoms with Crippen molar-refractivity contribution in [3.05, 3.63) is 29.8 Å². The highest BCUT2D eigenvalue weighted by molar-refractivity contribution is 5.95. The van der Waals surface area contributed by atoms with Crippen LogP contribution in [0.3, 0.4) is 0 Å². The van der Waals surface area contributed by atoms with Gasteiger partial charge in [0.25, 0.3) is 0 Å². The molecule has 86 valence electrons. The molecule has 1 aromatic carbocycles. The SMILES string of the molecule is CC(C)C(=O)N1CCCCc2ccccc21. The lowest BCUT2D eigenvalue weighted by molar-refractivity contribution is -0.121. The first-order valence-corrected chi connectivity index (χ1v) is 6.09. The van der Waals surface area contributed by atoms with E-state index >= 15 is 0 Å². The number of fused-ring (bicyclic) bond motifs is 1. The molecule has 0 N–H and O–H groups in total. The van der Waals surface area contributed by atoms with E-state index in [0.717, 1.165) is 25.1 Å². The number of anilines is 1. The molecule has 0 bridgehead atoms. The summed E-state index contributed by atoms with van der Waals surface area (Å²) in [5, 5.41) is 0. The maximum Gasteiger partial charge on any atom is 0.229 e. The number of rotatable bonds is 1. The number of amides is 1. The average molecular weight is 217 g/mol. The molecule has 1 aliphatic heterocycles. The van der Waals surface area contributed by atoms with Crippen LogP contribution < -0.4 is 4.90 Å². The largest absolute Gasteiger partial charge is 0.312 e. The first kappa shape index (κ1) is 11.2. The summed E-state index contributed by atoms with van der Waals surface area (Å²) in [4.78, 5) is 14.1. The first-order chi connectivity index (χ1) is 7.70. The van der Waals surface area contributed by atoms with Gasteiger partial charge in [-0.25, -0.2) is 0 Å². The van der Waals surface area contributed by atoms with Gasteiger partial charge in [-0.15, -0.1) is 0 Å². The molecule has 0 radical (unpaired) electrons. The van der Waals surface area contributed by atoms with E-state index < -0.39 is 0 Å². The van der Waals surface area contributed by atoms with Gasteiger partial charge in [-0.05, 0) is 30.9 Å². The Kier molecular flexibility index (Phi) is 3.28. The monoisotopic (exact) mass is 217 g/mol. The van der Waals surface area contributed by atoms with Crippen LogP contribution in [0.25, 0.3) is 0 Å². The fraction of sp³-hybridized carbons (Fsp3) is 0.500. The van der Waals surface area contributed by atoms with Crippen LogP contribution in [-0.2, 0) is 11.2 Å². The second kappa shape index (κ2) is 4.69. The van der Waals surface area contributed by atoms with E-state index in [1.807, 2.05) is 24.8 Å². The lowest BCUT2D eigenvalue weighted by Gasteiger charge is -2.24. The smallest absolute Gasteiger partial charge is 0.229 e. The summed E-state index contributed by atoms with van der Waals surface area (Å²) >= 11 is 0. The Morgan fingerprint density at radius 2 is 2.00 bits per heavy atom. The van der Waals surface area contributed by atoms with Crippen molar-refractivity contribution in [3.63, 3.8) is 0 Å². The molecule has 1 heterocycles. The summed E-state index contributed by atoms with van der Waals surface area (Å²) in [7, 11) is 0. The Morgan fingerprint density at radius 3 is 2.75 bits per heavy atom. The first-order valence-electron chi connectivity index (χ1n) is 6.09. The van der Waals surface area contributed by atoms with Crippen molar-refractivity contribution in [1.82, 2.24) is 0 Å². The second-order valence-electron chi connectivity index (χ2n) is 4.73. The molecule has 0 atom stereocenters. The van der Waals surface area contributed by atoms with Crippen LogP contribution in [0, 0.1) is 5.92 Å². The summed E-state index contributed by atoms with van der Waals surface area (Å²) in [5.41, 5.74) is 2.44. The molecule has 1 aromatic rings. The van der Waals surface area contributed by atoms with Crippen LogP contribution in [0.15, 0.2) is 24.3 Å². The zero-order valence-corrected chi connectivity index (χ0v) is 10.1. The Bertz CT molecular complexity index is 384. The highest BCUT2D eigenvalue weighted by Gasteiger charge is 2.22. The van der Waals surface area contributed by atoms with E-state index in [1.165, 1.54) is 12.0 Å². The van der Waals surface area contributed by atoms with Gasteiger partial charge in [0.1, 0.15) is 0 Å². The molecule has 2 heteroatoms. The normalized spacial score (nSPS) is 15.8. The highest BCUT2D eigenvalue weighted by Crippen LogP contribution is 2.27. The van der Waals surface area contributed by atoms with Crippen molar-refractivity contribution in [2.24, 2.45) is 5.92 Å². The minimum absolute atomic E-state index is 0.0751. The quantitative estimate of drug-likeness (QED) is 0.708. The topological polar surface area (TPSA) is 20.3 Å². The number of hydrogen-bond donors (Lipinski definition) is 0. The zero-order valence-electron chi connectivity index (χ0n) is 10.1. The van der Waals surface area contributed by atoms with Crippen LogP contribution >= 0.6 is 0 Å². The summed E-state index contributed by atoms with van der Waals surface area (Å²) in [6.45, 7) is 4.81. The van der Waals surface area contributed by atoms with Crippen molar-refractivity contribution in [1.29, 1.82) is 0 Å². The van der Waals surface area contributed by atoms with E-state index in [2.05, 4.69) is 18.2 Å². The second-order valence-corrected chi connectivity index (χ2v) is 4.73. The number of hydrogen-bond acceptors (Lipinski definition) is 1. The molecule has 0 saturated heterocycles. The molecular weight excluding hydrogens is 198 g/mol. The van der Waals surface area contributed by atoms with Crippen LogP contribution in [0.4, 0.5) is 5.69 Å². The maximum absolute atomic E-state index is 12.1. The van der Waals surface area contributed by atoms with Gasteiger partial charge in [-0.1, -0.05) is 32.0 Å². The predicted octanol–water partition coefficient (Wildman–Crippen LogP) is 3.01. The zero-order chi connectivity index (χ0) is 11.5. The van der Waals surface area contributed by atoms with E-state index in [4.69, 9.17) is 0 Å². The molecule has 0 unspecified atom stereocenters. The van der Waals surface area contributed by atoms with Crippen molar-refractivity contribution in [3.8, 4) is 0 Å². The number of aryl methyl sites for hydroxylation is 1. The van der Waals surface area contributed by atoms with E-state index in [1.54, 1.807) is 0 Å². The number of carbonyl (C=O) groups excluding carboxylic acids is 1. The third-order valence-corrected chi connectivity index (χ3v) is 3.12. The van der Waals surface area contributed by atoms with Crippen LogP contribution in [0.5, 0.6) is 0 Å². The molecule has 0 aliphatic carbocycles. The lowest BCUT2D eigenvalue weighted by Crippen LogP contribution is -2.34. The maximum atomic E-state index is 12.1. The molecule has 0 aromatic heterocycles. The summed E-state index contributed by atoms with van der Waals surface area (Å²) in [5.74, 6) is 0.320. The minimum atomic E-state index is 0.0751. The molecule has 0 saturated carbocycles. The minimum Gasteiger partial charge on any atom is -0.312 e. The Labute approximate surface area is 97.3 Å². The summed E-state index contributed by atoms with van der Waals surface area (Å²) in [6.07, 6.45) is 3.38. The lowest BCUT2D eigenvalue weighted by atomic mass is 10.1.